The highest BCUT2D eigenvalue weighted by Crippen LogP contribution is 2.21. The first-order valence-electron chi connectivity index (χ1n) is 7.98. The summed E-state index contributed by atoms with van der Waals surface area (Å²) in [7, 11) is 0. The van der Waals surface area contributed by atoms with Crippen LogP contribution in [0, 0.1) is 32.4 Å². The fourth-order valence-corrected chi connectivity index (χ4v) is 2.51. The molecule has 0 bridgehead atoms. The highest BCUT2D eigenvalue weighted by molar-refractivity contribution is 5.95. The lowest BCUT2D eigenvalue weighted by Crippen LogP contribution is -2.36. The maximum atomic E-state index is 13.0. The topological polar surface area (TPSA) is 67.4 Å². The van der Waals surface area contributed by atoms with Gasteiger partial charge in [-0.05, 0) is 44.0 Å². The van der Waals surface area contributed by atoms with E-state index in [0.717, 1.165) is 28.8 Å². The number of carbonyl (C=O) groups is 2. The minimum absolute atomic E-state index is 0.0226. The first-order chi connectivity index (χ1) is 12.3. The Morgan fingerprint density at radius 3 is 2.23 bits per heavy atom. The Balaban J connectivity index is 1.81. The van der Waals surface area contributed by atoms with Gasteiger partial charge in [0.2, 0.25) is 5.91 Å². The standard InChI is InChI=1S/C19H20F2N2O3/c1-11-6-12(2)19(13(3)7-11)23-17(24)9-22-18(25)10-26-14-4-5-15(20)16(21)8-14/h4-8H,9-10H2,1-3H3,(H,22,25)(H,23,24). The predicted octanol–water partition coefficient (Wildman–Crippen LogP) is 3.02. The van der Waals surface area contributed by atoms with E-state index in [2.05, 4.69) is 10.6 Å². The van der Waals surface area contributed by atoms with Gasteiger partial charge in [-0.25, -0.2) is 8.78 Å². The van der Waals surface area contributed by atoms with Gasteiger partial charge in [-0.1, -0.05) is 17.7 Å². The zero-order valence-electron chi connectivity index (χ0n) is 14.8. The molecule has 0 aliphatic rings. The predicted molar refractivity (Wildman–Crippen MR) is 94.1 cm³/mol. The van der Waals surface area contributed by atoms with E-state index in [9.17, 15) is 18.4 Å². The number of rotatable bonds is 6. The number of nitrogens with one attached hydrogen (secondary N) is 2. The van der Waals surface area contributed by atoms with Crippen LogP contribution in [0.25, 0.3) is 0 Å². The number of amides is 2. The third kappa shape index (κ3) is 5.27. The first kappa shape index (κ1) is 19.4. The summed E-state index contributed by atoms with van der Waals surface area (Å²) in [5.74, 6) is -2.97. The number of halogens is 2. The van der Waals surface area contributed by atoms with E-state index in [-0.39, 0.29) is 18.2 Å². The van der Waals surface area contributed by atoms with Crippen LogP contribution >= 0.6 is 0 Å². The molecule has 2 N–H and O–H groups in total. The van der Waals surface area contributed by atoms with E-state index >= 15 is 0 Å². The van der Waals surface area contributed by atoms with Crippen LogP contribution in [0.4, 0.5) is 14.5 Å². The number of anilines is 1. The molecular formula is C19H20F2N2O3. The van der Waals surface area contributed by atoms with Crippen molar-refractivity contribution < 1.29 is 23.1 Å². The molecule has 0 aromatic heterocycles. The minimum Gasteiger partial charge on any atom is -0.484 e. The molecule has 5 nitrogen and oxygen atoms in total. The maximum absolute atomic E-state index is 13.0. The van der Waals surface area contributed by atoms with Crippen LogP contribution in [0.2, 0.25) is 0 Å². The summed E-state index contributed by atoms with van der Waals surface area (Å²) in [6, 6.07) is 6.87. The summed E-state index contributed by atoms with van der Waals surface area (Å²) < 4.78 is 30.9. The third-order valence-electron chi connectivity index (χ3n) is 3.65. The van der Waals surface area contributed by atoms with E-state index in [0.29, 0.717) is 5.69 Å². The molecule has 0 unspecified atom stereocenters. The lowest BCUT2D eigenvalue weighted by atomic mass is 10.1. The van der Waals surface area contributed by atoms with Gasteiger partial charge in [0.25, 0.3) is 5.91 Å². The molecule has 0 radical (unpaired) electrons. The molecule has 0 aliphatic heterocycles. The van der Waals surface area contributed by atoms with Crippen LogP contribution < -0.4 is 15.4 Å². The summed E-state index contributed by atoms with van der Waals surface area (Å²) in [4.78, 5) is 23.7. The molecule has 2 amide bonds. The molecule has 0 saturated heterocycles. The van der Waals surface area contributed by atoms with Gasteiger partial charge in [0.15, 0.2) is 18.2 Å². The molecule has 0 aliphatic carbocycles. The van der Waals surface area contributed by atoms with Crippen LogP contribution in [0.3, 0.4) is 0 Å². The van der Waals surface area contributed by atoms with Crippen LogP contribution in [0.15, 0.2) is 30.3 Å². The molecule has 2 aromatic carbocycles. The number of hydrogen-bond donors (Lipinski definition) is 2. The van der Waals surface area contributed by atoms with Gasteiger partial charge in [0, 0.05) is 11.8 Å². The zero-order chi connectivity index (χ0) is 19.3. The summed E-state index contributed by atoms with van der Waals surface area (Å²) in [6.45, 7) is 5.11. The fourth-order valence-electron chi connectivity index (χ4n) is 2.51. The second-order valence-electron chi connectivity index (χ2n) is 5.96. The van der Waals surface area contributed by atoms with E-state index in [1.165, 1.54) is 6.07 Å². The average molecular weight is 362 g/mol. The average Bonchev–Trinajstić information content (AvgIpc) is 2.57. The molecule has 0 fully saturated rings. The second kappa shape index (κ2) is 8.42. The Bertz CT molecular complexity index is 815. The number of hydrogen-bond acceptors (Lipinski definition) is 3. The summed E-state index contributed by atoms with van der Waals surface area (Å²) >= 11 is 0. The van der Waals surface area contributed by atoms with E-state index in [1.807, 2.05) is 32.9 Å². The Kier molecular flexibility index (Phi) is 6.27. The molecular weight excluding hydrogens is 342 g/mol. The lowest BCUT2D eigenvalue weighted by molar-refractivity contribution is -0.125. The van der Waals surface area contributed by atoms with Gasteiger partial charge in [-0.15, -0.1) is 0 Å². The molecule has 26 heavy (non-hydrogen) atoms. The Hall–Kier alpha value is -2.96. The van der Waals surface area contributed by atoms with Crippen LogP contribution in [0.5, 0.6) is 5.75 Å². The molecule has 2 rings (SSSR count). The molecule has 0 saturated carbocycles. The number of benzene rings is 2. The van der Waals surface area contributed by atoms with E-state index < -0.39 is 24.1 Å². The Labute approximate surface area is 150 Å². The lowest BCUT2D eigenvalue weighted by Gasteiger charge is -2.13. The van der Waals surface area contributed by atoms with Crippen molar-refractivity contribution >= 4 is 17.5 Å². The van der Waals surface area contributed by atoms with Crippen LogP contribution in [-0.2, 0) is 9.59 Å². The van der Waals surface area contributed by atoms with Crippen molar-refractivity contribution in [2.75, 3.05) is 18.5 Å². The van der Waals surface area contributed by atoms with Crippen LogP contribution in [0.1, 0.15) is 16.7 Å². The van der Waals surface area contributed by atoms with Gasteiger partial charge >= 0.3 is 0 Å². The van der Waals surface area contributed by atoms with Crippen molar-refractivity contribution in [2.45, 2.75) is 20.8 Å². The van der Waals surface area contributed by atoms with E-state index in [4.69, 9.17) is 4.74 Å². The van der Waals surface area contributed by atoms with Gasteiger partial charge < -0.3 is 15.4 Å². The Morgan fingerprint density at radius 2 is 1.62 bits per heavy atom. The number of aryl methyl sites for hydroxylation is 3. The van der Waals surface area contributed by atoms with Gasteiger partial charge in [0.05, 0.1) is 6.54 Å². The smallest absolute Gasteiger partial charge is 0.258 e. The molecule has 0 heterocycles. The van der Waals surface area contributed by atoms with Crippen molar-refractivity contribution in [3.8, 4) is 5.75 Å². The van der Waals surface area contributed by atoms with Gasteiger partial charge in [-0.3, -0.25) is 9.59 Å². The number of ether oxygens (including phenoxy) is 1. The fraction of sp³-hybridized carbons (Fsp3) is 0.263. The summed E-state index contributed by atoms with van der Waals surface area (Å²) in [6.07, 6.45) is 0. The monoisotopic (exact) mass is 362 g/mol. The van der Waals surface area contributed by atoms with Gasteiger partial charge in [0.1, 0.15) is 5.75 Å². The van der Waals surface area contributed by atoms with Crippen molar-refractivity contribution in [1.29, 1.82) is 0 Å². The van der Waals surface area contributed by atoms with Crippen LogP contribution in [-0.4, -0.2) is 25.0 Å². The van der Waals surface area contributed by atoms with Crippen molar-refractivity contribution in [1.82, 2.24) is 5.32 Å². The zero-order valence-corrected chi connectivity index (χ0v) is 14.8. The van der Waals surface area contributed by atoms with Gasteiger partial charge in [-0.2, -0.15) is 0 Å². The largest absolute Gasteiger partial charge is 0.484 e. The van der Waals surface area contributed by atoms with E-state index in [1.54, 1.807) is 0 Å². The highest BCUT2D eigenvalue weighted by atomic mass is 19.2. The first-order valence-corrected chi connectivity index (χ1v) is 7.98. The summed E-state index contributed by atoms with van der Waals surface area (Å²) in [5, 5.41) is 5.17. The molecule has 0 atom stereocenters. The number of carbonyl (C=O) groups excluding carboxylic acids is 2. The molecule has 7 heteroatoms. The highest BCUT2D eigenvalue weighted by Gasteiger charge is 2.11. The molecule has 138 valence electrons. The second-order valence-corrected chi connectivity index (χ2v) is 5.96. The molecule has 0 spiro atoms. The minimum atomic E-state index is -1.06. The van der Waals surface area contributed by atoms with Crippen molar-refractivity contribution in [3.05, 3.63) is 58.7 Å². The Morgan fingerprint density at radius 1 is 0.962 bits per heavy atom. The maximum Gasteiger partial charge on any atom is 0.258 e. The van der Waals surface area contributed by atoms with Crippen molar-refractivity contribution in [2.24, 2.45) is 0 Å². The molecule has 2 aromatic rings. The normalized spacial score (nSPS) is 10.3. The third-order valence-corrected chi connectivity index (χ3v) is 3.65. The summed E-state index contributed by atoms with van der Waals surface area (Å²) in [5.41, 5.74) is 3.68. The van der Waals surface area contributed by atoms with Crippen molar-refractivity contribution in [3.63, 3.8) is 0 Å². The SMILES string of the molecule is Cc1cc(C)c(NC(=O)CNC(=O)COc2ccc(F)c(F)c2)c(C)c1. The quantitative estimate of drug-likeness (QED) is 0.830.